The van der Waals surface area contributed by atoms with Gasteiger partial charge in [-0.15, -0.1) is 0 Å². The lowest BCUT2D eigenvalue weighted by Crippen LogP contribution is -2.41. The van der Waals surface area contributed by atoms with E-state index in [0.717, 1.165) is 25.2 Å². The molecular weight excluding hydrogens is 240 g/mol. The molecule has 1 atom stereocenters. The lowest BCUT2D eigenvalue weighted by atomic mass is 10.0. The molecule has 1 aliphatic rings. The minimum atomic E-state index is -0.0536. The van der Waals surface area contributed by atoms with Crippen molar-refractivity contribution in [1.29, 1.82) is 0 Å². The van der Waals surface area contributed by atoms with Gasteiger partial charge in [0.05, 0.1) is 0 Å². The van der Waals surface area contributed by atoms with E-state index >= 15 is 0 Å². The van der Waals surface area contributed by atoms with Crippen LogP contribution in [0.15, 0.2) is 24.3 Å². The molecule has 1 aromatic rings. The molecule has 1 heterocycles. The number of hydrogen-bond donors (Lipinski definition) is 1. The van der Waals surface area contributed by atoms with Crippen LogP contribution >= 0.6 is 0 Å². The van der Waals surface area contributed by atoms with Crippen molar-refractivity contribution in [3.8, 4) is 0 Å². The van der Waals surface area contributed by atoms with Crippen LogP contribution in [0.1, 0.15) is 37.0 Å². The number of carbonyl (C=O) groups excluding carboxylic acids is 2. The van der Waals surface area contributed by atoms with Gasteiger partial charge in [0.1, 0.15) is 0 Å². The smallest absolute Gasteiger partial charge is 0.321 e. The van der Waals surface area contributed by atoms with Crippen LogP contribution in [-0.2, 0) is 0 Å². The Hall–Kier alpha value is -1.84. The first-order valence-electron chi connectivity index (χ1n) is 6.73. The molecule has 0 aromatic heterocycles. The second kappa shape index (κ2) is 5.87. The lowest BCUT2D eigenvalue weighted by molar-refractivity contribution is 0.101. The molecule has 1 unspecified atom stereocenters. The fraction of sp³-hybridized carbons (Fsp3) is 0.467. The van der Waals surface area contributed by atoms with Gasteiger partial charge < -0.3 is 10.2 Å². The summed E-state index contributed by atoms with van der Waals surface area (Å²) in [6, 6.07) is 6.94. The van der Waals surface area contributed by atoms with Gasteiger partial charge in [-0.2, -0.15) is 0 Å². The molecule has 0 spiro atoms. The van der Waals surface area contributed by atoms with Gasteiger partial charge in [0, 0.05) is 24.3 Å². The number of nitrogens with one attached hydrogen (secondary N) is 1. The molecule has 0 saturated carbocycles. The number of Topliss-reactive ketones (excluding diaryl/α,β-unsaturated/α-hetero) is 1. The van der Waals surface area contributed by atoms with Crippen molar-refractivity contribution in [1.82, 2.24) is 4.90 Å². The molecule has 0 bridgehead atoms. The van der Waals surface area contributed by atoms with Gasteiger partial charge >= 0.3 is 6.03 Å². The summed E-state index contributed by atoms with van der Waals surface area (Å²) < 4.78 is 0. The van der Waals surface area contributed by atoms with E-state index < -0.39 is 0 Å². The second-order valence-electron chi connectivity index (χ2n) is 5.26. The molecule has 4 nitrogen and oxygen atoms in total. The van der Waals surface area contributed by atoms with Crippen molar-refractivity contribution in [2.75, 3.05) is 18.4 Å². The number of urea groups is 1. The van der Waals surface area contributed by atoms with E-state index in [-0.39, 0.29) is 11.8 Å². The molecule has 2 amide bonds. The molecule has 0 radical (unpaired) electrons. The van der Waals surface area contributed by atoms with Gasteiger partial charge in [0.25, 0.3) is 0 Å². The summed E-state index contributed by atoms with van der Waals surface area (Å²) in [6.07, 6.45) is 2.26. The van der Waals surface area contributed by atoms with Gasteiger partial charge in [0.2, 0.25) is 0 Å². The second-order valence-corrected chi connectivity index (χ2v) is 5.26. The topological polar surface area (TPSA) is 49.4 Å². The first-order valence-corrected chi connectivity index (χ1v) is 6.73. The highest BCUT2D eigenvalue weighted by molar-refractivity contribution is 5.95. The van der Waals surface area contributed by atoms with Crippen molar-refractivity contribution in [2.45, 2.75) is 26.7 Å². The van der Waals surface area contributed by atoms with E-state index in [1.807, 2.05) is 4.90 Å². The first kappa shape index (κ1) is 13.6. The minimum absolute atomic E-state index is 0.0303. The molecule has 1 fully saturated rings. The summed E-state index contributed by atoms with van der Waals surface area (Å²) >= 11 is 0. The van der Waals surface area contributed by atoms with Crippen LogP contribution in [0.3, 0.4) is 0 Å². The molecule has 19 heavy (non-hydrogen) atoms. The Labute approximate surface area is 113 Å². The third-order valence-corrected chi connectivity index (χ3v) is 3.49. The Morgan fingerprint density at radius 3 is 2.53 bits per heavy atom. The highest BCUT2D eigenvalue weighted by atomic mass is 16.2. The Morgan fingerprint density at radius 1 is 1.26 bits per heavy atom. The largest absolute Gasteiger partial charge is 0.324 e. The lowest BCUT2D eigenvalue weighted by Gasteiger charge is -2.30. The number of carbonyl (C=O) groups is 2. The summed E-state index contributed by atoms with van der Waals surface area (Å²) in [5.74, 6) is 0.599. The molecule has 1 aromatic carbocycles. The number of piperidine rings is 1. The van der Waals surface area contributed by atoms with E-state index in [9.17, 15) is 9.59 Å². The summed E-state index contributed by atoms with van der Waals surface area (Å²) in [4.78, 5) is 25.1. The van der Waals surface area contributed by atoms with Gasteiger partial charge in [-0.05, 0) is 49.9 Å². The van der Waals surface area contributed by atoms with Crippen molar-refractivity contribution in [2.24, 2.45) is 5.92 Å². The van der Waals surface area contributed by atoms with E-state index in [0.29, 0.717) is 11.5 Å². The van der Waals surface area contributed by atoms with Crippen molar-refractivity contribution >= 4 is 17.5 Å². The van der Waals surface area contributed by atoms with Crippen molar-refractivity contribution in [3.63, 3.8) is 0 Å². The zero-order valence-electron chi connectivity index (χ0n) is 11.5. The zero-order chi connectivity index (χ0) is 13.8. The molecule has 1 aliphatic heterocycles. The number of ketones is 1. The summed E-state index contributed by atoms with van der Waals surface area (Å²) in [5.41, 5.74) is 1.39. The number of rotatable bonds is 2. The normalized spacial score (nSPS) is 19.1. The molecule has 0 aliphatic carbocycles. The maximum absolute atomic E-state index is 12.1. The van der Waals surface area contributed by atoms with E-state index in [4.69, 9.17) is 0 Å². The third kappa shape index (κ3) is 3.56. The van der Waals surface area contributed by atoms with E-state index in [1.165, 1.54) is 13.3 Å². The van der Waals surface area contributed by atoms with Gasteiger partial charge in [0.15, 0.2) is 5.78 Å². The zero-order valence-corrected chi connectivity index (χ0v) is 11.5. The van der Waals surface area contributed by atoms with Crippen LogP contribution in [0.25, 0.3) is 0 Å². The number of benzene rings is 1. The van der Waals surface area contributed by atoms with Gasteiger partial charge in [-0.3, -0.25) is 4.79 Å². The highest BCUT2D eigenvalue weighted by Gasteiger charge is 2.20. The van der Waals surface area contributed by atoms with Crippen LogP contribution < -0.4 is 5.32 Å². The molecule has 102 valence electrons. The maximum atomic E-state index is 12.1. The van der Waals surface area contributed by atoms with E-state index in [2.05, 4.69) is 12.2 Å². The maximum Gasteiger partial charge on any atom is 0.321 e. The Bertz CT molecular complexity index is 468. The van der Waals surface area contributed by atoms with Crippen LogP contribution in [0.5, 0.6) is 0 Å². The predicted molar refractivity (Wildman–Crippen MR) is 75.4 cm³/mol. The third-order valence-electron chi connectivity index (χ3n) is 3.49. The molecule has 4 heteroatoms. The summed E-state index contributed by atoms with van der Waals surface area (Å²) in [5, 5.41) is 2.87. The van der Waals surface area contributed by atoms with Crippen LogP contribution in [-0.4, -0.2) is 29.8 Å². The first-order chi connectivity index (χ1) is 9.06. The Kier molecular flexibility index (Phi) is 4.20. The van der Waals surface area contributed by atoms with E-state index in [1.54, 1.807) is 24.3 Å². The van der Waals surface area contributed by atoms with Crippen LogP contribution in [0.2, 0.25) is 0 Å². The quantitative estimate of drug-likeness (QED) is 0.830. The monoisotopic (exact) mass is 260 g/mol. The fourth-order valence-electron chi connectivity index (χ4n) is 2.36. The molecule has 1 N–H and O–H groups in total. The fourth-order valence-corrected chi connectivity index (χ4v) is 2.36. The summed E-state index contributed by atoms with van der Waals surface area (Å²) in [7, 11) is 0. The molecular formula is C15H20N2O2. The van der Waals surface area contributed by atoms with Gasteiger partial charge in [-0.25, -0.2) is 4.79 Å². The van der Waals surface area contributed by atoms with Gasteiger partial charge in [-0.1, -0.05) is 6.92 Å². The molecule has 1 saturated heterocycles. The number of hydrogen-bond acceptors (Lipinski definition) is 2. The Morgan fingerprint density at radius 2 is 1.95 bits per heavy atom. The number of anilines is 1. The Balaban J connectivity index is 1.96. The highest BCUT2D eigenvalue weighted by Crippen LogP contribution is 2.17. The van der Waals surface area contributed by atoms with Crippen LogP contribution in [0, 0.1) is 5.92 Å². The summed E-state index contributed by atoms with van der Waals surface area (Å²) in [6.45, 7) is 5.34. The standard InChI is InChI=1S/C15H20N2O2/c1-11-4-3-9-17(10-11)15(19)16-14-7-5-13(6-8-14)12(2)18/h5-8,11H,3-4,9-10H2,1-2H3,(H,16,19). The average molecular weight is 260 g/mol. The van der Waals surface area contributed by atoms with Crippen molar-refractivity contribution in [3.05, 3.63) is 29.8 Å². The average Bonchev–Trinajstić information content (AvgIpc) is 2.39. The number of nitrogens with zero attached hydrogens (tertiary/aromatic N) is 1. The molecule has 2 rings (SSSR count). The minimum Gasteiger partial charge on any atom is -0.324 e. The number of amides is 2. The van der Waals surface area contributed by atoms with Crippen LogP contribution in [0.4, 0.5) is 10.5 Å². The predicted octanol–water partition coefficient (Wildman–Crippen LogP) is 3.15. The number of likely N-dealkylation sites (tertiary alicyclic amines) is 1. The van der Waals surface area contributed by atoms with Crippen molar-refractivity contribution < 1.29 is 9.59 Å². The SMILES string of the molecule is CC(=O)c1ccc(NC(=O)N2CCCC(C)C2)cc1.